The van der Waals surface area contributed by atoms with Crippen LogP contribution in [0.5, 0.6) is 17.5 Å². The highest BCUT2D eigenvalue weighted by molar-refractivity contribution is 7.92. The van der Waals surface area contributed by atoms with Gasteiger partial charge in [0.2, 0.25) is 21.3 Å². The lowest BCUT2D eigenvalue weighted by molar-refractivity contribution is 0.352. The van der Waals surface area contributed by atoms with Gasteiger partial charge in [0.1, 0.15) is 5.82 Å². The Labute approximate surface area is 178 Å². The molecule has 164 valence electrons. The number of methoxy groups -OCH3 is 1. The van der Waals surface area contributed by atoms with E-state index >= 15 is 0 Å². The van der Waals surface area contributed by atoms with E-state index in [1.807, 2.05) is 0 Å². The standard InChI is InChI=1S/C20H21FN4O5S/c1-4-10-31(27,28)24-17-11-15(13-8-9-18(26)25(2)12-13)22-20(23-17)30-19-14(21)6-5-7-16(19)29-3/h5-9,11-12H,4,10H2,1-3H3,(H,22,23,24). The summed E-state index contributed by atoms with van der Waals surface area (Å²) in [5.41, 5.74) is 0.546. The molecule has 0 fully saturated rings. The summed E-state index contributed by atoms with van der Waals surface area (Å²) in [7, 11) is -0.735. The van der Waals surface area contributed by atoms with E-state index in [1.165, 1.54) is 54.3 Å². The Morgan fingerprint density at radius 3 is 2.65 bits per heavy atom. The number of pyridine rings is 1. The fraction of sp³-hybridized carbons (Fsp3) is 0.250. The molecule has 1 N–H and O–H groups in total. The highest BCUT2D eigenvalue weighted by Crippen LogP contribution is 2.34. The van der Waals surface area contributed by atoms with E-state index in [2.05, 4.69) is 14.7 Å². The predicted octanol–water partition coefficient (Wildman–Crippen LogP) is 2.93. The Hall–Kier alpha value is -3.47. The van der Waals surface area contributed by atoms with Gasteiger partial charge in [-0.15, -0.1) is 0 Å². The summed E-state index contributed by atoms with van der Waals surface area (Å²) in [6, 6.07) is 8.11. The van der Waals surface area contributed by atoms with E-state index in [0.717, 1.165) is 0 Å². The first-order valence-electron chi connectivity index (χ1n) is 9.29. The van der Waals surface area contributed by atoms with E-state index < -0.39 is 15.8 Å². The third-order valence-electron chi connectivity index (χ3n) is 4.16. The molecule has 0 radical (unpaired) electrons. The van der Waals surface area contributed by atoms with Gasteiger partial charge in [0.05, 0.1) is 18.6 Å². The van der Waals surface area contributed by atoms with Gasteiger partial charge in [0.15, 0.2) is 11.6 Å². The van der Waals surface area contributed by atoms with E-state index in [9.17, 15) is 17.6 Å². The third-order valence-corrected chi connectivity index (χ3v) is 5.63. The Kier molecular flexibility index (Phi) is 6.54. The maximum Gasteiger partial charge on any atom is 0.324 e. The molecule has 3 rings (SSSR count). The van der Waals surface area contributed by atoms with Crippen molar-refractivity contribution in [3.63, 3.8) is 0 Å². The average molecular weight is 448 g/mol. The summed E-state index contributed by atoms with van der Waals surface area (Å²) < 4.78 is 53.1. The molecule has 11 heteroatoms. The lowest BCUT2D eigenvalue weighted by Gasteiger charge is -2.13. The fourth-order valence-electron chi connectivity index (χ4n) is 2.74. The molecule has 0 saturated heterocycles. The molecule has 9 nitrogen and oxygen atoms in total. The largest absolute Gasteiger partial charge is 0.493 e. The molecule has 3 aromatic rings. The number of halogens is 1. The number of aryl methyl sites for hydroxylation is 1. The summed E-state index contributed by atoms with van der Waals surface area (Å²) in [6.45, 7) is 1.73. The minimum Gasteiger partial charge on any atom is -0.493 e. The van der Waals surface area contributed by atoms with Crippen LogP contribution >= 0.6 is 0 Å². The smallest absolute Gasteiger partial charge is 0.324 e. The normalized spacial score (nSPS) is 11.2. The van der Waals surface area contributed by atoms with Crippen molar-refractivity contribution in [1.82, 2.24) is 14.5 Å². The number of para-hydroxylation sites is 1. The number of nitrogens with one attached hydrogen (secondary N) is 1. The zero-order chi connectivity index (χ0) is 22.6. The summed E-state index contributed by atoms with van der Waals surface area (Å²) in [4.78, 5) is 20.0. The van der Waals surface area contributed by atoms with Crippen LogP contribution in [0.3, 0.4) is 0 Å². The first kappa shape index (κ1) is 22.2. The number of hydrogen-bond donors (Lipinski definition) is 1. The maximum absolute atomic E-state index is 14.3. The van der Waals surface area contributed by atoms with Crippen LogP contribution < -0.4 is 19.8 Å². The topological polar surface area (TPSA) is 112 Å². The second-order valence-electron chi connectivity index (χ2n) is 6.58. The van der Waals surface area contributed by atoms with Crippen molar-refractivity contribution in [2.45, 2.75) is 13.3 Å². The number of ether oxygens (including phenoxy) is 2. The molecular weight excluding hydrogens is 427 g/mol. The Morgan fingerprint density at radius 1 is 1.19 bits per heavy atom. The monoisotopic (exact) mass is 448 g/mol. The van der Waals surface area contributed by atoms with Crippen LogP contribution in [0.2, 0.25) is 0 Å². The molecule has 0 bridgehead atoms. The van der Waals surface area contributed by atoms with Gasteiger partial charge in [-0.05, 0) is 24.6 Å². The number of benzene rings is 1. The number of rotatable bonds is 8. The zero-order valence-corrected chi connectivity index (χ0v) is 17.9. The second-order valence-corrected chi connectivity index (χ2v) is 8.42. The van der Waals surface area contributed by atoms with Crippen LogP contribution in [-0.2, 0) is 17.1 Å². The van der Waals surface area contributed by atoms with Crippen molar-refractivity contribution in [3.8, 4) is 28.8 Å². The van der Waals surface area contributed by atoms with Gasteiger partial charge in [-0.3, -0.25) is 9.52 Å². The quantitative estimate of drug-likeness (QED) is 0.564. The lowest BCUT2D eigenvalue weighted by atomic mass is 10.2. The van der Waals surface area contributed by atoms with Crippen LogP contribution in [0.25, 0.3) is 11.3 Å². The second kappa shape index (κ2) is 9.13. The molecule has 2 heterocycles. The van der Waals surface area contributed by atoms with Crippen molar-refractivity contribution in [1.29, 1.82) is 0 Å². The minimum absolute atomic E-state index is 0.0578. The number of nitrogens with zero attached hydrogens (tertiary/aromatic N) is 3. The molecule has 0 amide bonds. The molecule has 0 atom stereocenters. The lowest BCUT2D eigenvalue weighted by Crippen LogP contribution is -2.17. The van der Waals surface area contributed by atoms with Crippen LogP contribution in [0.4, 0.5) is 10.2 Å². The molecular formula is C20H21FN4O5S. The van der Waals surface area contributed by atoms with Gasteiger partial charge >= 0.3 is 6.01 Å². The molecule has 0 aliphatic rings. The molecule has 2 aromatic heterocycles. The van der Waals surface area contributed by atoms with Gasteiger partial charge < -0.3 is 14.0 Å². The van der Waals surface area contributed by atoms with Gasteiger partial charge in [0.25, 0.3) is 0 Å². The van der Waals surface area contributed by atoms with Crippen LogP contribution in [-0.4, -0.2) is 35.8 Å². The van der Waals surface area contributed by atoms with Crippen molar-refractivity contribution in [2.75, 3.05) is 17.6 Å². The summed E-state index contributed by atoms with van der Waals surface area (Å²) in [5, 5.41) is 0. The Morgan fingerprint density at radius 2 is 1.97 bits per heavy atom. The molecule has 31 heavy (non-hydrogen) atoms. The number of aromatic nitrogens is 3. The average Bonchev–Trinajstić information content (AvgIpc) is 2.71. The number of hydrogen-bond acceptors (Lipinski definition) is 7. The molecule has 0 aliphatic carbocycles. The molecule has 0 spiro atoms. The molecule has 1 aromatic carbocycles. The summed E-state index contributed by atoms with van der Waals surface area (Å²) >= 11 is 0. The Bertz CT molecular complexity index is 1260. The first-order valence-corrected chi connectivity index (χ1v) is 10.9. The fourth-order valence-corrected chi connectivity index (χ4v) is 3.80. The van der Waals surface area contributed by atoms with Gasteiger partial charge in [-0.25, -0.2) is 12.8 Å². The van der Waals surface area contributed by atoms with E-state index in [4.69, 9.17) is 9.47 Å². The highest BCUT2D eigenvalue weighted by Gasteiger charge is 2.18. The SMILES string of the molecule is CCCS(=O)(=O)Nc1cc(-c2ccc(=O)n(C)c2)nc(Oc2c(F)cccc2OC)n1. The molecule has 0 aliphatic heterocycles. The van der Waals surface area contributed by atoms with E-state index in [0.29, 0.717) is 12.0 Å². The van der Waals surface area contributed by atoms with E-state index in [1.54, 1.807) is 14.0 Å². The van der Waals surface area contributed by atoms with Gasteiger partial charge in [-0.2, -0.15) is 9.97 Å². The predicted molar refractivity (Wildman–Crippen MR) is 113 cm³/mol. The van der Waals surface area contributed by atoms with E-state index in [-0.39, 0.29) is 40.3 Å². The molecule has 0 saturated carbocycles. The van der Waals surface area contributed by atoms with Crippen molar-refractivity contribution in [2.24, 2.45) is 7.05 Å². The molecule has 0 unspecified atom stereocenters. The van der Waals surface area contributed by atoms with Crippen LogP contribution in [0.1, 0.15) is 13.3 Å². The Balaban J connectivity index is 2.11. The van der Waals surface area contributed by atoms with Crippen molar-refractivity contribution < 1.29 is 22.3 Å². The first-order chi connectivity index (χ1) is 14.7. The number of anilines is 1. The van der Waals surface area contributed by atoms with Crippen molar-refractivity contribution >= 4 is 15.8 Å². The third kappa shape index (κ3) is 5.37. The minimum atomic E-state index is -3.66. The van der Waals surface area contributed by atoms with Crippen LogP contribution in [0, 0.1) is 5.82 Å². The summed E-state index contributed by atoms with van der Waals surface area (Å²) in [6.07, 6.45) is 1.94. The van der Waals surface area contributed by atoms with Gasteiger partial charge in [-0.1, -0.05) is 13.0 Å². The van der Waals surface area contributed by atoms with Crippen molar-refractivity contribution in [3.05, 3.63) is 58.8 Å². The highest BCUT2D eigenvalue weighted by atomic mass is 32.2. The number of sulfonamides is 1. The van der Waals surface area contributed by atoms with Crippen LogP contribution in [0.15, 0.2) is 47.4 Å². The maximum atomic E-state index is 14.3. The summed E-state index contributed by atoms with van der Waals surface area (Å²) in [5.74, 6) is -1.00. The van der Waals surface area contributed by atoms with Gasteiger partial charge in [0, 0.05) is 30.9 Å². The zero-order valence-electron chi connectivity index (χ0n) is 17.1.